The minimum Gasteiger partial charge on any atom is -0.326 e. The number of hydrogen-bond donors (Lipinski definition) is 2. The van der Waals surface area contributed by atoms with E-state index in [2.05, 4.69) is 15.6 Å². The molecule has 1 heterocycles. The number of benzene rings is 2. The third-order valence-electron chi connectivity index (χ3n) is 4.52. The summed E-state index contributed by atoms with van der Waals surface area (Å²) < 4.78 is 27.9. The molecule has 0 spiro atoms. The summed E-state index contributed by atoms with van der Waals surface area (Å²) in [7, 11) is -3.91. The summed E-state index contributed by atoms with van der Waals surface area (Å²) >= 11 is 0. The number of pyridine rings is 1. The lowest BCUT2D eigenvalue weighted by molar-refractivity contribution is -0.116. The minimum absolute atomic E-state index is 0.140. The molecule has 9 heteroatoms. The number of hydrogen-bond acceptors (Lipinski definition) is 5. The van der Waals surface area contributed by atoms with E-state index < -0.39 is 15.9 Å². The average Bonchev–Trinajstić information content (AvgIpc) is 2.72. The molecule has 0 saturated carbocycles. The fraction of sp³-hybridized carbons (Fsp3) is 0.227. The van der Waals surface area contributed by atoms with E-state index in [0.29, 0.717) is 28.6 Å². The van der Waals surface area contributed by atoms with Crippen LogP contribution in [0.3, 0.4) is 0 Å². The SMILES string of the molecule is CCCN(CC(=O)Nc1cccc(NC(C)=O)c1)S(=O)(=O)c1cccc2cnccc12. The molecular formula is C22H24N4O4S. The number of nitrogens with one attached hydrogen (secondary N) is 2. The molecule has 0 bridgehead atoms. The number of fused-ring (bicyclic) bond motifs is 1. The molecule has 0 radical (unpaired) electrons. The van der Waals surface area contributed by atoms with Crippen LogP contribution in [0, 0.1) is 0 Å². The highest BCUT2D eigenvalue weighted by molar-refractivity contribution is 7.89. The lowest BCUT2D eigenvalue weighted by Crippen LogP contribution is -2.38. The predicted molar refractivity (Wildman–Crippen MR) is 120 cm³/mol. The Kier molecular flexibility index (Phi) is 6.98. The van der Waals surface area contributed by atoms with Gasteiger partial charge in [0.05, 0.1) is 11.4 Å². The lowest BCUT2D eigenvalue weighted by Gasteiger charge is -2.22. The molecule has 2 aromatic carbocycles. The highest BCUT2D eigenvalue weighted by atomic mass is 32.2. The highest BCUT2D eigenvalue weighted by Gasteiger charge is 2.27. The van der Waals surface area contributed by atoms with Crippen LogP contribution < -0.4 is 10.6 Å². The molecule has 3 aromatic rings. The van der Waals surface area contributed by atoms with Gasteiger partial charge in [-0.15, -0.1) is 0 Å². The van der Waals surface area contributed by atoms with Crippen molar-refractivity contribution in [1.29, 1.82) is 0 Å². The van der Waals surface area contributed by atoms with Crippen molar-refractivity contribution in [3.63, 3.8) is 0 Å². The molecule has 2 amide bonds. The molecule has 1 aromatic heterocycles. The van der Waals surface area contributed by atoms with E-state index in [1.165, 1.54) is 17.3 Å². The Morgan fingerprint density at radius 3 is 2.45 bits per heavy atom. The molecular weight excluding hydrogens is 416 g/mol. The van der Waals surface area contributed by atoms with E-state index in [1.807, 2.05) is 6.92 Å². The fourth-order valence-corrected chi connectivity index (χ4v) is 4.93. The van der Waals surface area contributed by atoms with Crippen LogP contribution in [0.5, 0.6) is 0 Å². The van der Waals surface area contributed by atoms with Gasteiger partial charge in [-0.3, -0.25) is 14.6 Å². The molecule has 3 rings (SSSR count). The monoisotopic (exact) mass is 440 g/mol. The minimum atomic E-state index is -3.91. The number of amides is 2. The first kappa shape index (κ1) is 22.4. The number of sulfonamides is 1. The smallest absolute Gasteiger partial charge is 0.244 e. The van der Waals surface area contributed by atoms with Crippen molar-refractivity contribution in [2.45, 2.75) is 25.2 Å². The first-order valence-electron chi connectivity index (χ1n) is 9.81. The summed E-state index contributed by atoms with van der Waals surface area (Å²) in [5.41, 5.74) is 0.994. The Hall–Kier alpha value is -3.30. The van der Waals surface area contributed by atoms with E-state index in [1.54, 1.807) is 54.9 Å². The maximum absolute atomic E-state index is 13.4. The van der Waals surface area contributed by atoms with Crippen molar-refractivity contribution >= 4 is 44.0 Å². The Morgan fingerprint density at radius 1 is 1.03 bits per heavy atom. The van der Waals surface area contributed by atoms with Crippen LogP contribution in [0.25, 0.3) is 10.8 Å². The zero-order valence-corrected chi connectivity index (χ0v) is 18.1. The molecule has 2 N–H and O–H groups in total. The lowest BCUT2D eigenvalue weighted by atomic mass is 10.2. The quantitative estimate of drug-likeness (QED) is 0.559. The molecule has 0 aliphatic heterocycles. The molecule has 8 nitrogen and oxygen atoms in total. The van der Waals surface area contributed by atoms with Gasteiger partial charge in [0, 0.05) is 48.0 Å². The standard InChI is InChI=1S/C22H24N4O4S/c1-3-12-26(15-22(28)25-19-8-5-7-18(13-19)24-16(2)27)31(29,30)21-9-4-6-17-14-23-11-10-20(17)21/h4-11,13-14H,3,12,15H2,1-2H3,(H,24,27)(H,25,28). The Labute approximate surface area is 181 Å². The Bertz CT molecular complexity index is 1210. The zero-order chi connectivity index (χ0) is 22.4. The van der Waals surface area contributed by atoms with Gasteiger partial charge in [-0.1, -0.05) is 25.1 Å². The van der Waals surface area contributed by atoms with Gasteiger partial charge in [-0.2, -0.15) is 4.31 Å². The normalized spacial score (nSPS) is 11.5. The molecule has 162 valence electrons. The molecule has 0 unspecified atom stereocenters. The second kappa shape index (κ2) is 9.67. The molecule has 0 aliphatic rings. The van der Waals surface area contributed by atoms with Crippen LogP contribution >= 0.6 is 0 Å². The highest BCUT2D eigenvalue weighted by Crippen LogP contribution is 2.25. The van der Waals surface area contributed by atoms with Crippen molar-refractivity contribution in [2.24, 2.45) is 0 Å². The van der Waals surface area contributed by atoms with Gasteiger partial charge < -0.3 is 10.6 Å². The number of carbonyl (C=O) groups is 2. The van der Waals surface area contributed by atoms with Crippen LogP contribution in [0.4, 0.5) is 11.4 Å². The van der Waals surface area contributed by atoms with Crippen LogP contribution in [0.2, 0.25) is 0 Å². The van der Waals surface area contributed by atoms with Gasteiger partial charge in [0.25, 0.3) is 0 Å². The van der Waals surface area contributed by atoms with E-state index in [9.17, 15) is 18.0 Å². The molecule has 0 fully saturated rings. The van der Waals surface area contributed by atoms with E-state index in [4.69, 9.17) is 0 Å². The second-order valence-corrected chi connectivity index (χ2v) is 8.91. The number of nitrogens with zero attached hydrogens (tertiary/aromatic N) is 2. The van der Waals surface area contributed by atoms with Crippen molar-refractivity contribution in [3.05, 3.63) is 60.9 Å². The molecule has 31 heavy (non-hydrogen) atoms. The van der Waals surface area contributed by atoms with E-state index in [0.717, 1.165) is 0 Å². The summed E-state index contributed by atoms with van der Waals surface area (Å²) in [5, 5.41) is 6.60. The molecule has 0 aliphatic carbocycles. The first-order valence-corrected chi connectivity index (χ1v) is 11.3. The number of rotatable bonds is 8. The summed E-state index contributed by atoms with van der Waals surface area (Å²) in [4.78, 5) is 28.1. The average molecular weight is 441 g/mol. The zero-order valence-electron chi connectivity index (χ0n) is 17.3. The van der Waals surface area contributed by atoms with Crippen LogP contribution in [0.15, 0.2) is 65.8 Å². The van der Waals surface area contributed by atoms with Gasteiger partial charge in [0.2, 0.25) is 21.8 Å². The third-order valence-corrected chi connectivity index (χ3v) is 6.42. The van der Waals surface area contributed by atoms with Crippen molar-refractivity contribution in [2.75, 3.05) is 23.7 Å². The predicted octanol–water partition coefficient (Wildman–Crippen LogP) is 3.23. The Balaban J connectivity index is 1.83. The van der Waals surface area contributed by atoms with Crippen molar-refractivity contribution < 1.29 is 18.0 Å². The van der Waals surface area contributed by atoms with Gasteiger partial charge >= 0.3 is 0 Å². The largest absolute Gasteiger partial charge is 0.326 e. The van der Waals surface area contributed by atoms with Crippen LogP contribution in [-0.4, -0.2) is 42.6 Å². The second-order valence-electron chi connectivity index (χ2n) is 7.00. The summed E-state index contributed by atoms with van der Waals surface area (Å²) in [6.07, 6.45) is 3.70. The van der Waals surface area contributed by atoms with E-state index >= 15 is 0 Å². The van der Waals surface area contributed by atoms with Gasteiger partial charge in [-0.05, 0) is 36.8 Å². The van der Waals surface area contributed by atoms with Crippen LogP contribution in [-0.2, 0) is 19.6 Å². The number of anilines is 2. The summed E-state index contributed by atoms with van der Waals surface area (Å²) in [6.45, 7) is 3.11. The van der Waals surface area contributed by atoms with Gasteiger partial charge in [0.15, 0.2) is 0 Å². The fourth-order valence-electron chi connectivity index (χ4n) is 3.23. The van der Waals surface area contributed by atoms with Gasteiger partial charge in [0.1, 0.15) is 0 Å². The number of carbonyl (C=O) groups excluding carboxylic acids is 2. The van der Waals surface area contributed by atoms with E-state index in [-0.39, 0.29) is 23.9 Å². The maximum atomic E-state index is 13.4. The number of aromatic nitrogens is 1. The summed E-state index contributed by atoms with van der Waals surface area (Å²) in [5.74, 6) is -0.701. The third kappa shape index (κ3) is 5.44. The first-order chi connectivity index (χ1) is 14.8. The Morgan fingerprint density at radius 2 is 1.74 bits per heavy atom. The van der Waals surface area contributed by atoms with Crippen molar-refractivity contribution in [3.8, 4) is 0 Å². The van der Waals surface area contributed by atoms with Crippen LogP contribution in [0.1, 0.15) is 20.3 Å². The molecule has 0 atom stereocenters. The summed E-state index contributed by atoms with van der Waals surface area (Å²) in [6, 6.07) is 13.3. The molecule has 0 saturated heterocycles. The maximum Gasteiger partial charge on any atom is 0.244 e. The van der Waals surface area contributed by atoms with Gasteiger partial charge in [-0.25, -0.2) is 8.42 Å². The topological polar surface area (TPSA) is 108 Å². The van der Waals surface area contributed by atoms with Crippen molar-refractivity contribution in [1.82, 2.24) is 9.29 Å².